The normalized spacial score (nSPS) is 13.2. The molecule has 0 saturated carbocycles. The van der Waals surface area contributed by atoms with Crippen molar-refractivity contribution in [3.8, 4) is 0 Å². The van der Waals surface area contributed by atoms with Crippen LogP contribution in [-0.2, 0) is 33.3 Å². The summed E-state index contributed by atoms with van der Waals surface area (Å²) in [5, 5.41) is 9.71. The van der Waals surface area contributed by atoms with Gasteiger partial charge in [0, 0.05) is 12.8 Å². The van der Waals surface area contributed by atoms with E-state index in [4.69, 9.17) is 18.9 Å². The van der Waals surface area contributed by atoms with Crippen LogP contribution in [-0.4, -0.2) is 87.4 Å². The number of likely N-dealkylation sites (N-methyl/N-ethyl adjacent to an activating group) is 1. The Hall–Kier alpha value is -3.27. The fraction of sp³-hybridized carbons (Fsp3) is 0.786. The number of hydrogen-bond acceptors (Lipinski definition) is 7. The number of allylic oxidation sites excluding steroid dienone is 12. The number of hydrogen-bond donors (Lipinski definition) is 1. The lowest BCUT2D eigenvalue weighted by Gasteiger charge is -2.25. The zero-order chi connectivity index (χ0) is 57.6. The predicted molar refractivity (Wildman–Crippen MR) is 336 cm³/mol. The first-order chi connectivity index (χ1) is 38.6. The highest BCUT2D eigenvalue weighted by Crippen LogP contribution is 2.18. The second kappa shape index (κ2) is 60.8. The Morgan fingerprint density at radius 3 is 1.05 bits per heavy atom. The SMILES string of the molecule is CC/C=C\C/C=C\C/C=C\C/C=C\C/C=C\C/C=C\CCC(=O)OC(COC(=O)CCCCCCCCCCCCCCCCCCCCCCCCCCCCCCCCCCCCC)COC(OCC[N+](C)(C)C)C(=O)O. The van der Waals surface area contributed by atoms with Crippen molar-refractivity contribution < 1.29 is 42.9 Å². The van der Waals surface area contributed by atoms with Gasteiger partial charge < -0.3 is 28.5 Å². The molecule has 0 aromatic rings. The Labute approximate surface area is 487 Å². The highest BCUT2D eigenvalue weighted by molar-refractivity contribution is 5.71. The van der Waals surface area contributed by atoms with E-state index in [9.17, 15) is 19.5 Å². The van der Waals surface area contributed by atoms with Crippen LogP contribution in [0.1, 0.15) is 296 Å². The van der Waals surface area contributed by atoms with Crippen molar-refractivity contribution >= 4 is 17.9 Å². The van der Waals surface area contributed by atoms with Gasteiger partial charge in [0.2, 0.25) is 0 Å². The van der Waals surface area contributed by atoms with Crippen LogP contribution in [0.15, 0.2) is 72.9 Å². The molecule has 0 aliphatic rings. The number of ether oxygens (including phenoxy) is 4. The minimum Gasteiger partial charge on any atom is -0.477 e. The smallest absolute Gasteiger partial charge is 0.361 e. The molecule has 0 aliphatic carbocycles. The lowest BCUT2D eigenvalue weighted by Crippen LogP contribution is -2.40. The van der Waals surface area contributed by atoms with Crippen molar-refractivity contribution in [2.75, 3.05) is 47.5 Å². The summed E-state index contributed by atoms with van der Waals surface area (Å²) in [7, 11) is 5.95. The van der Waals surface area contributed by atoms with Gasteiger partial charge in [-0.1, -0.05) is 305 Å². The monoisotopic (exact) mass is 1110 g/mol. The second-order valence-corrected chi connectivity index (χ2v) is 23.4. The zero-order valence-electron chi connectivity index (χ0n) is 52.3. The molecule has 79 heavy (non-hydrogen) atoms. The third-order valence-electron chi connectivity index (χ3n) is 14.5. The van der Waals surface area contributed by atoms with E-state index >= 15 is 0 Å². The maximum Gasteiger partial charge on any atom is 0.361 e. The highest BCUT2D eigenvalue weighted by atomic mass is 16.7. The number of carboxylic acid groups (broad SMARTS) is 1. The molecule has 0 aromatic carbocycles. The fourth-order valence-corrected chi connectivity index (χ4v) is 9.46. The molecule has 0 radical (unpaired) electrons. The first kappa shape index (κ1) is 75.7. The van der Waals surface area contributed by atoms with E-state index in [-0.39, 0.29) is 38.6 Å². The van der Waals surface area contributed by atoms with Crippen LogP contribution in [0.3, 0.4) is 0 Å². The van der Waals surface area contributed by atoms with Crippen molar-refractivity contribution in [1.29, 1.82) is 0 Å². The van der Waals surface area contributed by atoms with E-state index in [1.807, 2.05) is 33.3 Å². The summed E-state index contributed by atoms with van der Waals surface area (Å²) in [6.07, 6.45) is 77.7. The molecule has 9 heteroatoms. The number of aliphatic carboxylic acids is 1. The third-order valence-corrected chi connectivity index (χ3v) is 14.5. The third kappa shape index (κ3) is 62.2. The van der Waals surface area contributed by atoms with Crippen LogP contribution in [0, 0.1) is 0 Å². The van der Waals surface area contributed by atoms with Gasteiger partial charge in [-0.25, -0.2) is 4.79 Å². The van der Waals surface area contributed by atoms with Gasteiger partial charge in [0.15, 0.2) is 6.10 Å². The summed E-state index contributed by atoms with van der Waals surface area (Å²) in [6.45, 7) is 4.71. The van der Waals surface area contributed by atoms with Crippen molar-refractivity contribution in [3.63, 3.8) is 0 Å². The molecular weight excluding hydrogens is 983 g/mol. The molecule has 0 aromatic heterocycles. The van der Waals surface area contributed by atoms with Gasteiger partial charge in [0.1, 0.15) is 13.2 Å². The number of nitrogens with zero attached hydrogens (tertiary/aromatic N) is 1. The number of carbonyl (C=O) groups is 3. The number of carboxylic acids is 1. The quantitative estimate of drug-likeness (QED) is 0.0211. The average Bonchev–Trinajstić information content (AvgIpc) is 3.42. The predicted octanol–water partition coefficient (Wildman–Crippen LogP) is 20.1. The Bertz CT molecular complexity index is 1520. The van der Waals surface area contributed by atoms with Gasteiger partial charge in [-0.3, -0.25) is 9.59 Å². The lowest BCUT2D eigenvalue weighted by molar-refractivity contribution is -0.870. The summed E-state index contributed by atoms with van der Waals surface area (Å²) < 4.78 is 22.8. The molecule has 0 fully saturated rings. The number of carbonyl (C=O) groups excluding carboxylic acids is 2. The van der Waals surface area contributed by atoms with Crippen LogP contribution in [0.5, 0.6) is 0 Å². The molecule has 458 valence electrons. The molecule has 1 N–H and O–H groups in total. The molecule has 2 atom stereocenters. The van der Waals surface area contributed by atoms with E-state index < -0.39 is 24.3 Å². The van der Waals surface area contributed by atoms with Gasteiger partial charge in [-0.2, -0.15) is 0 Å². The van der Waals surface area contributed by atoms with Crippen molar-refractivity contribution in [2.24, 2.45) is 0 Å². The van der Waals surface area contributed by atoms with E-state index in [2.05, 4.69) is 74.6 Å². The molecular formula is C70H126NO8+. The topological polar surface area (TPSA) is 108 Å². The Kier molecular flexibility index (Phi) is 58.3. The number of unbranched alkanes of at least 4 members (excludes halogenated alkanes) is 34. The molecule has 9 nitrogen and oxygen atoms in total. The lowest BCUT2D eigenvalue weighted by atomic mass is 10.0. The first-order valence-electron chi connectivity index (χ1n) is 33.1. The molecule has 0 amide bonds. The maximum atomic E-state index is 12.8. The van der Waals surface area contributed by atoms with Crippen LogP contribution in [0.4, 0.5) is 0 Å². The van der Waals surface area contributed by atoms with E-state index in [1.165, 1.54) is 205 Å². The minimum atomic E-state index is -1.53. The second-order valence-electron chi connectivity index (χ2n) is 23.4. The van der Waals surface area contributed by atoms with Crippen LogP contribution in [0.25, 0.3) is 0 Å². The molecule has 0 spiro atoms. The largest absolute Gasteiger partial charge is 0.477 e. The molecule has 0 rings (SSSR count). The van der Waals surface area contributed by atoms with Crippen LogP contribution in [0.2, 0.25) is 0 Å². The fourth-order valence-electron chi connectivity index (χ4n) is 9.46. The van der Waals surface area contributed by atoms with Crippen LogP contribution < -0.4 is 0 Å². The van der Waals surface area contributed by atoms with Gasteiger partial charge in [0.25, 0.3) is 6.29 Å². The highest BCUT2D eigenvalue weighted by Gasteiger charge is 2.25. The number of rotatable bonds is 61. The van der Waals surface area contributed by atoms with Crippen molar-refractivity contribution in [2.45, 2.75) is 309 Å². The van der Waals surface area contributed by atoms with Gasteiger partial charge >= 0.3 is 17.9 Å². The summed E-state index contributed by atoms with van der Waals surface area (Å²) in [6, 6.07) is 0. The Balaban J connectivity index is 4.08. The Morgan fingerprint density at radius 1 is 0.392 bits per heavy atom. The van der Waals surface area contributed by atoms with Crippen molar-refractivity contribution in [1.82, 2.24) is 0 Å². The van der Waals surface area contributed by atoms with E-state index in [1.54, 1.807) is 0 Å². The summed E-state index contributed by atoms with van der Waals surface area (Å²) in [5.74, 6) is -2.11. The zero-order valence-corrected chi connectivity index (χ0v) is 52.3. The van der Waals surface area contributed by atoms with E-state index in [0.29, 0.717) is 17.4 Å². The minimum absolute atomic E-state index is 0.134. The molecule has 0 bridgehead atoms. The number of quaternary nitrogens is 1. The molecule has 0 aliphatic heterocycles. The number of esters is 2. The van der Waals surface area contributed by atoms with Gasteiger partial charge in [-0.15, -0.1) is 0 Å². The molecule has 0 saturated heterocycles. The Morgan fingerprint density at radius 2 is 0.722 bits per heavy atom. The molecule has 2 unspecified atom stereocenters. The van der Waals surface area contributed by atoms with Gasteiger partial charge in [-0.05, 0) is 51.4 Å². The standard InChI is InChI=1S/C70H125NO8/c1-6-8-10-12-14-16-18-20-22-24-26-27-28-29-30-31-32-33-34-35-36-37-38-39-40-41-43-44-46-48-50-52-54-56-58-60-67(72)77-64-66(65-78-70(69(74)75)76-63-62-71(3,4)5)79-68(73)61-59-57-55-53-51-49-47-45-42-25-23-21-19-17-15-13-11-9-7-2/h9,11,15,17,21,23,42,45,49,51,55,57,66,70H,6-8,10,12-14,16,18-20,22,24-41,43-44,46-48,50,52-54,56,58-65H2,1-5H3/p+1/b11-9-,17-15-,23-21-,45-42-,51-49-,57-55-. The van der Waals surface area contributed by atoms with E-state index in [0.717, 1.165) is 57.8 Å². The van der Waals surface area contributed by atoms with Gasteiger partial charge in [0.05, 0.1) is 34.4 Å². The van der Waals surface area contributed by atoms with Crippen molar-refractivity contribution in [3.05, 3.63) is 72.9 Å². The molecule has 0 heterocycles. The first-order valence-corrected chi connectivity index (χ1v) is 33.1. The maximum absolute atomic E-state index is 12.8. The summed E-state index contributed by atoms with van der Waals surface area (Å²) in [5.41, 5.74) is 0. The van der Waals surface area contributed by atoms with Crippen LogP contribution >= 0.6 is 0 Å². The summed E-state index contributed by atoms with van der Waals surface area (Å²) >= 11 is 0. The average molecular weight is 1110 g/mol. The summed E-state index contributed by atoms with van der Waals surface area (Å²) in [4.78, 5) is 37.4.